The highest BCUT2D eigenvalue weighted by atomic mass is 79.9. The number of rotatable bonds is 5. The van der Waals surface area contributed by atoms with Gasteiger partial charge < -0.3 is 9.64 Å². The molecule has 2 heterocycles. The highest BCUT2D eigenvalue weighted by Crippen LogP contribution is 2.36. The number of carbonyl (C=O) groups is 1. The summed E-state index contributed by atoms with van der Waals surface area (Å²) < 4.78 is 7.22. The van der Waals surface area contributed by atoms with Crippen LogP contribution in [0, 0.1) is 5.92 Å². The molecular formula is C23H26Br2N2O2. The van der Waals surface area contributed by atoms with Gasteiger partial charge in [-0.05, 0) is 74.4 Å². The first kappa shape index (κ1) is 20.9. The van der Waals surface area contributed by atoms with Crippen molar-refractivity contribution in [3.05, 3.63) is 62.5 Å². The molecule has 0 radical (unpaired) electrons. The summed E-state index contributed by atoms with van der Waals surface area (Å²) in [6, 6.07) is 15.1. The number of amides is 1. The zero-order chi connectivity index (χ0) is 20.4. The van der Waals surface area contributed by atoms with Crippen LogP contribution in [0.3, 0.4) is 0 Å². The molecule has 2 saturated heterocycles. The molecular weight excluding hydrogens is 496 g/mol. The summed E-state index contributed by atoms with van der Waals surface area (Å²) >= 11 is 7.14. The summed E-state index contributed by atoms with van der Waals surface area (Å²) in [5.74, 6) is 1.18. The first-order valence-corrected chi connectivity index (χ1v) is 11.7. The third kappa shape index (κ3) is 4.70. The van der Waals surface area contributed by atoms with Crippen LogP contribution >= 0.6 is 31.9 Å². The smallest absolute Gasteiger partial charge is 0.226 e. The Hall–Kier alpha value is -1.37. The highest BCUT2D eigenvalue weighted by molar-refractivity contribution is 9.11. The Kier molecular flexibility index (Phi) is 6.62. The lowest BCUT2D eigenvalue weighted by Crippen LogP contribution is -2.58. The molecule has 0 spiro atoms. The summed E-state index contributed by atoms with van der Waals surface area (Å²) in [5.41, 5.74) is 2.50. The molecule has 2 atom stereocenters. The number of hydrogen-bond donors (Lipinski definition) is 0. The maximum absolute atomic E-state index is 13.2. The molecule has 6 heteroatoms. The summed E-state index contributed by atoms with van der Waals surface area (Å²) in [5, 5.41) is 0. The topological polar surface area (TPSA) is 32.8 Å². The number of fused-ring (bicyclic) bond motifs is 1. The molecule has 0 bridgehead atoms. The van der Waals surface area contributed by atoms with Gasteiger partial charge in [0.15, 0.2) is 0 Å². The molecule has 2 aliphatic rings. The van der Waals surface area contributed by atoms with Crippen molar-refractivity contribution in [3.8, 4) is 5.75 Å². The fourth-order valence-electron chi connectivity index (χ4n) is 4.59. The van der Waals surface area contributed by atoms with E-state index in [2.05, 4.69) is 84.1 Å². The molecule has 29 heavy (non-hydrogen) atoms. The van der Waals surface area contributed by atoms with Crippen molar-refractivity contribution in [2.75, 3.05) is 26.7 Å². The second-order valence-electron chi connectivity index (χ2n) is 7.98. The van der Waals surface area contributed by atoms with E-state index in [0.717, 1.165) is 65.7 Å². The third-order valence-corrected chi connectivity index (χ3v) is 7.22. The number of halogens is 2. The lowest BCUT2D eigenvalue weighted by Gasteiger charge is -2.46. The summed E-state index contributed by atoms with van der Waals surface area (Å²) in [6.45, 7) is 3.73. The largest absolute Gasteiger partial charge is 0.494 e. The van der Waals surface area contributed by atoms with E-state index in [1.165, 1.54) is 5.56 Å². The van der Waals surface area contributed by atoms with E-state index in [-0.39, 0.29) is 5.92 Å². The van der Waals surface area contributed by atoms with Crippen LogP contribution < -0.4 is 4.74 Å². The van der Waals surface area contributed by atoms with Gasteiger partial charge in [0, 0.05) is 38.1 Å². The lowest BCUT2D eigenvalue weighted by atomic mass is 9.86. The predicted octanol–water partition coefficient (Wildman–Crippen LogP) is 4.89. The zero-order valence-electron chi connectivity index (χ0n) is 16.6. The Morgan fingerprint density at radius 3 is 2.45 bits per heavy atom. The van der Waals surface area contributed by atoms with Gasteiger partial charge in [0.1, 0.15) is 5.75 Å². The van der Waals surface area contributed by atoms with Crippen molar-refractivity contribution in [3.63, 3.8) is 0 Å². The van der Waals surface area contributed by atoms with Crippen molar-refractivity contribution in [2.24, 2.45) is 5.92 Å². The molecule has 0 aromatic heterocycles. The minimum atomic E-state index is 0.0686. The molecule has 4 nitrogen and oxygen atoms in total. The van der Waals surface area contributed by atoms with Crippen molar-refractivity contribution < 1.29 is 9.53 Å². The molecule has 154 valence electrons. The molecule has 2 aliphatic heterocycles. The van der Waals surface area contributed by atoms with Crippen LogP contribution in [-0.2, 0) is 17.8 Å². The van der Waals surface area contributed by atoms with Gasteiger partial charge in [-0.25, -0.2) is 0 Å². The average Bonchev–Trinajstić information content (AvgIpc) is 2.71. The first-order chi connectivity index (χ1) is 14.0. The minimum absolute atomic E-state index is 0.0686. The van der Waals surface area contributed by atoms with Crippen molar-refractivity contribution in [2.45, 2.75) is 31.8 Å². The van der Waals surface area contributed by atoms with E-state index in [0.29, 0.717) is 11.9 Å². The van der Waals surface area contributed by atoms with Gasteiger partial charge in [-0.2, -0.15) is 0 Å². The van der Waals surface area contributed by atoms with Crippen molar-refractivity contribution in [1.29, 1.82) is 0 Å². The number of ether oxygens (including phenoxy) is 1. The van der Waals surface area contributed by atoms with Crippen molar-refractivity contribution >= 4 is 37.8 Å². The summed E-state index contributed by atoms with van der Waals surface area (Å²) in [4.78, 5) is 17.8. The highest BCUT2D eigenvalue weighted by Gasteiger charge is 2.38. The molecule has 1 unspecified atom stereocenters. The monoisotopic (exact) mass is 520 g/mol. The number of piperazine rings is 1. The van der Waals surface area contributed by atoms with Crippen molar-refractivity contribution in [1.82, 2.24) is 9.80 Å². The Bertz CT molecular complexity index is 851. The molecule has 0 saturated carbocycles. The second-order valence-corrected chi connectivity index (χ2v) is 9.69. The SMILES string of the molecule is COc1c(Br)cc(CC2CC[C@H]3CN(Cc4ccccc4)CCN3C2=O)cc1Br. The van der Waals surface area contributed by atoms with Crippen LogP contribution in [0.4, 0.5) is 0 Å². The Labute approximate surface area is 189 Å². The Balaban J connectivity index is 1.38. The maximum Gasteiger partial charge on any atom is 0.226 e. The van der Waals surface area contributed by atoms with E-state index in [1.54, 1.807) is 7.11 Å². The maximum atomic E-state index is 13.2. The molecule has 0 N–H and O–H groups in total. The van der Waals surface area contributed by atoms with Gasteiger partial charge in [0.2, 0.25) is 5.91 Å². The van der Waals surface area contributed by atoms with Crippen LogP contribution in [-0.4, -0.2) is 48.5 Å². The van der Waals surface area contributed by atoms with Crippen LogP contribution in [0.1, 0.15) is 24.0 Å². The molecule has 2 aromatic rings. The van der Waals surface area contributed by atoms with Gasteiger partial charge >= 0.3 is 0 Å². The van der Waals surface area contributed by atoms with E-state index < -0.39 is 0 Å². The number of methoxy groups -OCH3 is 1. The number of piperidine rings is 1. The van der Waals surface area contributed by atoms with Crippen LogP contribution in [0.2, 0.25) is 0 Å². The molecule has 2 aromatic carbocycles. The van der Waals surface area contributed by atoms with E-state index >= 15 is 0 Å². The quantitative estimate of drug-likeness (QED) is 0.561. The van der Waals surface area contributed by atoms with Gasteiger partial charge in [0.05, 0.1) is 16.1 Å². The normalized spacial score (nSPS) is 22.4. The summed E-state index contributed by atoms with van der Waals surface area (Å²) in [7, 11) is 1.66. The van der Waals surface area contributed by atoms with E-state index in [4.69, 9.17) is 4.74 Å². The number of benzene rings is 2. The third-order valence-electron chi connectivity index (χ3n) is 6.04. The minimum Gasteiger partial charge on any atom is -0.494 e. The zero-order valence-corrected chi connectivity index (χ0v) is 19.8. The summed E-state index contributed by atoms with van der Waals surface area (Å²) in [6.07, 6.45) is 2.82. The lowest BCUT2D eigenvalue weighted by molar-refractivity contribution is -0.145. The fourth-order valence-corrected chi connectivity index (χ4v) is 6.20. The standard InChI is InChI=1S/C23H26Br2N2O2/c1-29-22-20(24)12-17(13-21(22)25)11-18-7-8-19-15-26(9-10-27(19)23(18)28)14-16-5-3-2-4-6-16/h2-6,12-13,18-19H,7-11,14-15H2,1H3/t18?,19-/m0/s1. The number of nitrogens with zero attached hydrogens (tertiary/aromatic N) is 2. The van der Waals surface area contributed by atoms with E-state index in [1.807, 2.05) is 0 Å². The molecule has 2 fully saturated rings. The molecule has 0 aliphatic carbocycles. The van der Waals surface area contributed by atoms with Crippen LogP contribution in [0.5, 0.6) is 5.75 Å². The van der Waals surface area contributed by atoms with Crippen LogP contribution in [0.15, 0.2) is 51.4 Å². The molecule has 4 rings (SSSR count). The van der Waals surface area contributed by atoms with Gasteiger partial charge in [0.25, 0.3) is 0 Å². The Morgan fingerprint density at radius 1 is 1.03 bits per heavy atom. The number of carbonyl (C=O) groups excluding carboxylic acids is 1. The van der Waals surface area contributed by atoms with E-state index in [9.17, 15) is 4.79 Å². The van der Waals surface area contributed by atoms with Crippen LogP contribution in [0.25, 0.3) is 0 Å². The van der Waals surface area contributed by atoms with Gasteiger partial charge in [-0.1, -0.05) is 30.3 Å². The predicted molar refractivity (Wildman–Crippen MR) is 122 cm³/mol. The second kappa shape index (κ2) is 9.19. The first-order valence-electron chi connectivity index (χ1n) is 10.1. The van der Waals surface area contributed by atoms with Gasteiger partial charge in [-0.3, -0.25) is 9.69 Å². The molecule has 1 amide bonds. The Morgan fingerprint density at radius 2 is 1.76 bits per heavy atom. The number of hydrogen-bond acceptors (Lipinski definition) is 3. The average molecular weight is 522 g/mol. The van der Waals surface area contributed by atoms with Gasteiger partial charge in [-0.15, -0.1) is 0 Å². The fraction of sp³-hybridized carbons (Fsp3) is 0.435.